The summed E-state index contributed by atoms with van der Waals surface area (Å²) in [4.78, 5) is 3.97. The van der Waals surface area contributed by atoms with E-state index < -0.39 is 0 Å². The Morgan fingerprint density at radius 1 is 1.15 bits per heavy atom. The van der Waals surface area contributed by atoms with E-state index in [1.165, 1.54) is 0 Å². The highest BCUT2D eigenvalue weighted by atomic mass is 15.3. The van der Waals surface area contributed by atoms with Crippen LogP contribution in [0.4, 0.5) is 0 Å². The Labute approximate surface area is 81.0 Å². The molecule has 0 amide bonds. The first-order valence-corrected chi connectivity index (χ1v) is 4.46. The third-order valence-electron chi connectivity index (χ3n) is 2.67. The van der Waals surface area contributed by atoms with Crippen molar-refractivity contribution in [3.05, 3.63) is 0 Å². The number of aliphatic imine (C=N–C) groups is 1. The van der Waals surface area contributed by atoms with E-state index in [9.17, 15) is 0 Å². The second kappa shape index (κ2) is 3.96. The summed E-state index contributed by atoms with van der Waals surface area (Å²) >= 11 is 0. The molecule has 4 N–H and O–H groups in total. The molecule has 0 unspecified atom stereocenters. The molecule has 0 radical (unpaired) electrons. The average Bonchev–Trinajstić information content (AvgIpc) is 1.98. The molecule has 0 heterocycles. The molecule has 4 nitrogen and oxygen atoms in total. The van der Waals surface area contributed by atoms with Crippen molar-refractivity contribution in [2.45, 2.75) is 40.2 Å². The molecule has 13 heavy (non-hydrogen) atoms. The van der Waals surface area contributed by atoms with Crippen molar-refractivity contribution in [2.75, 3.05) is 7.05 Å². The average molecular weight is 186 g/mol. The van der Waals surface area contributed by atoms with E-state index in [-0.39, 0.29) is 11.0 Å². The number of nitrogens with zero attached hydrogens (tertiary/aromatic N) is 1. The molecule has 0 saturated heterocycles. The van der Waals surface area contributed by atoms with Gasteiger partial charge in [-0.25, -0.2) is 5.84 Å². The Balaban J connectivity index is 4.51. The summed E-state index contributed by atoms with van der Waals surface area (Å²) in [6.07, 6.45) is 0. The van der Waals surface area contributed by atoms with Crippen LogP contribution in [-0.2, 0) is 0 Å². The van der Waals surface area contributed by atoms with E-state index in [1.54, 1.807) is 7.05 Å². The van der Waals surface area contributed by atoms with E-state index in [4.69, 9.17) is 5.84 Å². The summed E-state index contributed by atoms with van der Waals surface area (Å²) < 4.78 is 0. The van der Waals surface area contributed by atoms with Crippen molar-refractivity contribution in [2.24, 2.45) is 16.3 Å². The van der Waals surface area contributed by atoms with Crippen LogP contribution in [0.5, 0.6) is 0 Å². The maximum atomic E-state index is 5.29. The fourth-order valence-corrected chi connectivity index (χ4v) is 0.640. The van der Waals surface area contributed by atoms with Crippen LogP contribution in [0.25, 0.3) is 0 Å². The first-order chi connectivity index (χ1) is 5.74. The van der Waals surface area contributed by atoms with Gasteiger partial charge in [-0.15, -0.1) is 0 Å². The van der Waals surface area contributed by atoms with Gasteiger partial charge in [0.1, 0.15) is 0 Å². The zero-order valence-electron chi connectivity index (χ0n) is 9.52. The van der Waals surface area contributed by atoms with Gasteiger partial charge >= 0.3 is 0 Å². The van der Waals surface area contributed by atoms with Crippen molar-refractivity contribution in [1.82, 2.24) is 10.7 Å². The number of rotatable bonds is 1. The number of guanidine groups is 1. The van der Waals surface area contributed by atoms with Gasteiger partial charge in [0.25, 0.3) is 0 Å². The van der Waals surface area contributed by atoms with Crippen LogP contribution >= 0.6 is 0 Å². The molecule has 78 valence electrons. The molecular weight excluding hydrogens is 164 g/mol. The summed E-state index contributed by atoms with van der Waals surface area (Å²) in [5, 5.41) is 3.25. The van der Waals surface area contributed by atoms with Gasteiger partial charge in [-0.2, -0.15) is 0 Å². The van der Waals surface area contributed by atoms with Crippen LogP contribution in [0.3, 0.4) is 0 Å². The number of hydrogen-bond acceptors (Lipinski definition) is 2. The molecule has 0 aliphatic heterocycles. The maximum Gasteiger partial charge on any atom is 0.205 e. The first-order valence-electron chi connectivity index (χ1n) is 4.46. The van der Waals surface area contributed by atoms with Gasteiger partial charge in [0.2, 0.25) is 5.96 Å². The van der Waals surface area contributed by atoms with Crippen molar-refractivity contribution < 1.29 is 0 Å². The summed E-state index contributed by atoms with van der Waals surface area (Å²) in [6, 6.07) is 0. The molecule has 0 saturated carbocycles. The Kier molecular flexibility index (Phi) is 3.72. The summed E-state index contributed by atoms with van der Waals surface area (Å²) in [5.41, 5.74) is 2.60. The lowest BCUT2D eigenvalue weighted by Gasteiger charge is -2.40. The molecule has 4 heteroatoms. The first kappa shape index (κ1) is 12.2. The van der Waals surface area contributed by atoms with Gasteiger partial charge in [0.15, 0.2) is 0 Å². The van der Waals surface area contributed by atoms with Gasteiger partial charge in [0.05, 0.1) is 0 Å². The van der Waals surface area contributed by atoms with Crippen LogP contribution < -0.4 is 16.6 Å². The molecular formula is C9H22N4. The van der Waals surface area contributed by atoms with E-state index >= 15 is 0 Å². The van der Waals surface area contributed by atoms with Crippen molar-refractivity contribution in [3.63, 3.8) is 0 Å². The topological polar surface area (TPSA) is 62.4 Å². The summed E-state index contributed by atoms with van der Waals surface area (Å²) in [6.45, 7) is 10.8. The minimum Gasteiger partial charge on any atom is -0.350 e. The summed E-state index contributed by atoms with van der Waals surface area (Å²) in [7, 11) is 1.70. The highest BCUT2D eigenvalue weighted by Crippen LogP contribution is 2.28. The van der Waals surface area contributed by atoms with Crippen molar-refractivity contribution in [1.29, 1.82) is 0 Å². The van der Waals surface area contributed by atoms with Crippen LogP contribution in [0.15, 0.2) is 4.99 Å². The molecule has 0 aromatic carbocycles. The number of hydrazine groups is 1. The largest absolute Gasteiger partial charge is 0.350 e. The number of nitrogens with two attached hydrogens (primary N) is 1. The second-order valence-electron chi connectivity index (χ2n) is 4.72. The monoisotopic (exact) mass is 186 g/mol. The Hall–Kier alpha value is -0.770. The Bertz CT molecular complexity index is 188. The predicted molar refractivity (Wildman–Crippen MR) is 57.4 cm³/mol. The van der Waals surface area contributed by atoms with Crippen LogP contribution in [0, 0.1) is 5.41 Å². The van der Waals surface area contributed by atoms with E-state index in [2.05, 4.69) is 50.4 Å². The molecule has 0 spiro atoms. The Morgan fingerprint density at radius 3 is 1.85 bits per heavy atom. The van der Waals surface area contributed by atoms with Gasteiger partial charge < -0.3 is 5.32 Å². The van der Waals surface area contributed by atoms with Gasteiger partial charge in [-0.05, 0) is 19.3 Å². The lowest BCUT2D eigenvalue weighted by molar-refractivity contribution is 0.203. The minimum atomic E-state index is -0.0613. The lowest BCUT2D eigenvalue weighted by Crippen LogP contribution is -2.57. The highest BCUT2D eigenvalue weighted by molar-refractivity contribution is 5.79. The maximum absolute atomic E-state index is 5.29. The quantitative estimate of drug-likeness (QED) is 0.246. The van der Waals surface area contributed by atoms with Crippen molar-refractivity contribution >= 4 is 5.96 Å². The van der Waals surface area contributed by atoms with Crippen LogP contribution in [-0.4, -0.2) is 18.5 Å². The SMILES string of the molecule is CN=C(NN)NC(C)(C)C(C)(C)C. The normalized spacial score (nSPS) is 14.2. The number of hydrogen-bond donors (Lipinski definition) is 3. The minimum absolute atomic E-state index is 0.0613. The molecule has 0 aromatic rings. The standard InChI is InChI=1S/C9H22N4/c1-8(2,3)9(4,5)12-7(11-6)13-10/h10H2,1-6H3,(H2,11,12,13). The van der Waals surface area contributed by atoms with E-state index in [0.717, 1.165) is 0 Å². The molecule has 0 fully saturated rings. The molecule has 0 aliphatic rings. The smallest absolute Gasteiger partial charge is 0.205 e. The van der Waals surface area contributed by atoms with E-state index in [1.807, 2.05) is 0 Å². The third-order valence-corrected chi connectivity index (χ3v) is 2.67. The fourth-order valence-electron chi connectivity index (χ4n) is 0.640. The molecule has 0 rings (SSSR count). The lowest BCUT2D eigenvalue weighted by atomic mass is 9.76. The van der Waals surface area contributed by atoms with Crippen LogP contribution in [0.1, 0.15) is 34.6 Å². The molecule has 0 bridgehead atoms. The summed E-state index contributed by atoms with van der Waals surface area (Å²) in [5.74, 6) is 5.90. The van der Waals surface area contributed by atoms with Crippen molar-refractivity contribution in [3.8, 4) is 0 Å². The predicted octanol–water partition coefficient (Wildman–Crippen LogP) is 0.850. The third kappa shape index (κ3) is 3.22. The Morgan fingerprint density at radius 2 is 1.62 bits per heavy atom. The molecule has 0 atom stereocenters. The number of nitrogens with one attached hydrogen (secondary N) is 2. The zero-order chi connectivity index (χ0) is 10.7. The van der Waals surface area contributed by atoms with Gasteiger partial charge in [-0.3, -0.25) is 10.4 Å². The molecule has 0 aliphatic carbocycles. The zero-order valence-corrected chi connectivity index (χ0v) is 9.52. The van der Waals surface area contributed by atoms with Gasteiger partial charge in [0, 0.05) is 12.6 Å². The fraction of sp³-hybridized carbons (Fsp3) is 0.889. The second-order valence-corrected chi connectivity index (χ2v) is 4.72. The molecule has 0 aromatic heterocycles. The van der Waals surface area contributed by atoms with E-state index in [0.29, 0.717) is 5.96 Å². The van der Waals surface area contributed by atoms with Gasteiger partial charge in [-0.1, -0.05) is 20.8 Å². The van der Waals surface area contributed by atoms with Crippen LogP contribution in [0.2, 0.25) is 0 Å². The highest BCUT2D eigenvalue weighted by Gasteiger charge is 2.33.